The van der Waals surface area contributed by atoms with Crippen LogP contribution in [-0.4, -0.2) is 21.5 Å². The third-order valence-electron chi connectivity index (χ3n) is 3.90. The molecule has 0 saturated carbocycles. The van der Waals surface area contributed by atoms with Gasteiger partial charge in [0.05, 0.1) is 5.69 Å². The van der Waals surface area contributed by atoms with Gasteiger partial charge in [0.25, 0.3) is 0 Å². The number of hydrogen-bond donors (Lipinski definition) is 1. The molecule has 0 aliphatic heterocycles. The van der Waals surface area contributed by atoms with Gasteiger partial charge in [0.2, 0.25) is 0 Å². The molecule has 0 radical (unpaired) electrons. The van der Waals surface area contributed by atoms with Crippen molar-refractivity contribution in [2.24, 2.45) is 5.92 Å². The SMILES string of the molecule is CCC(C)n1ccc(CC(CO)Cc2ccc(F)cc2)n1. The van der Waals surface area contributed by atoms with E-state index in [-0.39, 0.29) is 18.3 Å². The van der Waals surface area contributed by atoms with Crippen LogP contribution in [-0.2, 0) is 12.8 Å². The van der Waals surface area contributed by atoms with Gasteiger partial charge < -0.3 is 5.11 Å². The van der Waals surface area contributed by atoms with Gasteiger partial charge in [-0.2, -0.15) is 5.10 Å². The quantitative estimate of drug-likeness (QED) is 0.849. The molecule has 0 bridgehead atoms. The Morgan fingerprint density at radius 3 is 2.52 bits per heavy atom. The molecule has 0 spiro atoms. The maximum absolute atomic E-state index is 12.9. The van der Waals surface area contributed by atoms with E-state index in [4.69, 9.17) is 0 Å². The lowest BCUT2D eigenvalue weighted by Gasteiger charge is -2.13. The Labute approximate surface area is 125 Å². The van der Waals surface area contributed by atoms with E-state index >= 15 is 0 Å². The summed E-state index contributed by atoms with van der Waals surface area (Å²) in [5.74, 6) is -0.123. The van der Waals surface area contributed by atoms with Gasteiger partial charge in [-0.15, -0.1) is 0 Å². The van der Waals surface area contributed by atoms with Crippen molar-refractivity contribution in [1.29, 1.82) is 0 Å². The van der Waals surface area contributed by atoms with Crippen molar-refractivity contribution in [1.82, 2.24) is 9.78 Å². The number of aromatic nitrogens is 2. The summed E-state index contributed by atoms with van der Waals surface area (Å²) in [5.41, 5.74) is 2.04. The van der Waals surface area contributed by atoms with Crippen molar-refractivity contribution >= 4 is 0 Å². The minimum Gasteiger partial charge on any atom is -0.396 e. The summed E-state index contributed by atoms with van der Waals surface area (Å²) in [5, 5.41) is 14.1. The molecule has 0 saturated heterocycles. The molecule has 1 aromatic heterocycles. The van der Waals surface area contributed by atoms with Gasteiger partial charge in [0, 0.05) is 18.8 Å². The smallest absolute Gasteiger partial charge is 0.123 e. The molecule has 21 heavy (non-hydrogen) atoms. The second kappa shape index (κ2) is 7.36. The minimum absolute atomic E-state index is 0.105. The van der Waals surface area contributed by atoms with Crippen LogP contribution in [0, 0.1) is 11.7 Å². The lowest BCUT2D eigenvalue weighted by Crippen LogP contribution is -2.14. The summed E-state index contributed by atoms with van der Waals surface area (Å²) >= 11 is 0. The highest BCUT2D eigenvalue weighted by atomic mass is 19.1. The fourth-order valence-electron chi connectivity index (χ4n) is 2.37. The molecule has 2 rings (SSSR count). The molecule has 1 N–H and O–H groups in total. The highest BCUT2D eigenvalue weighted by molar-refractivity contribution is 5.17. The van der Waals surface area contributed by atoms with Crippen LogP contribution in [0.15, 0.2) is 36.5 Å². The van der Waals surface area contributed by atoms with Gasteiger partial charge in [-0.25, -0.2) is 4.39 Å². The second-order valence-corrected chi connectivity index (χ2v) is 5.63. The molecule has 0 fully saturated rings. The zero-order chi connectivity index (χ0) is 15.2. The molecule has 1 aromatic carbocycles. The molecule has 2 atom stereocenters. The second-order valence-electron chi connectivity index (χ2n) is 5.63. The zero-order valence-electron chi connectivity index (χ0n) is 12.7. The molecule has 114 valence electrons. The van der Waals surface area contributed by atoms with Gasteiger partial charge in [-0.1, -0.05) is 19.1 Å². The van der Waals surface area contributed by atoms with E-state index in [1.807, 2.05) is 16.9 Å². The van der Waals surface area contributed by atoms with E-state index < -0.39 is 0 Å². The highest BCUT2D eigenvalue weighted by Crippen LogP contribution is 2.16. The fourth-order valence-corrected chi connectivity index (χ4v) is 2.37. The van der Waals surface area contributed by atoms with Crippen molar-refractivity contribution in [2.45, 2.75) is 39.2 Å². The lowest BCUT2D eigenvalue weighted by molar-refractivity contribution is 0.223. The molecule has 0 amide bonds. The van der Waals surface area contributed by atoms with Crippen molar-refractivity contribution in [3.05, 3.63) is 53.6 Å². The number of halogens is 1. The number of aliphatic hydroxyl groups is 1. The minimum atomic E-state index is -0.230. The number of hydrogen-bond acceptors (Lipinski definition) is 2. The van der Waals surface area contributed by atoms with E-state index in [2.05, 4.69) is 18.9 Å². The summed E-state index contributed by atoms with van der Waals surface area (Å²) in [4.78, 5) is 0. The predicted molar refractivity (Wildman–Crippen MR) is 81.6 cm³/mol. The summed E-state index contributed by atoms with van der Waals surface area (Å²) < 4.78 is 14.9. The van der Waals surface area contributed by atoms with E-state index in [1.165, 1.54) is 12.1 Å². The van der Waals surface area contributed by atoms with Crippen LogP contribution in [0.3, 0.4) is 0 Å². The van der Waals surface area contributed by atoms with E-state index in [9.17, 15) is 9.50 Å². The van der Waals surface area contributed by atoms with Crippen LogP contribution in [0.4, 0.5) is 4.39 Å². The first-order chi connectivity index (χ1) is 10.1. The van der Waals surface area contributed by atoms with Crippen LogP contribution in [0.5, 0.6) is 0 Å². The molecule has 2 unspecified atom stereocenters. The van der Waals surface area contributed by atoms with Crippen LogP contribution in [0.2, 0.25) is 0 Å². The highest BCUT2D eigenvalue weighted by Gasteiger charge is 2.13. The number of aliphatic hydroxyl groups excluding tert-OH is 1. The number of benzene rings is 1. The average Bonchev–Trinajstić information content (AvgIpc) is 2.96. The summed E-state index contributed by atoms with van der Waals surface area (Å²) in [6.45, 7) is 4.38. The fraction of sp³-hybridized carbons (Fsp3) is 0.471. The Balaban J connectivity index is 1.98. The Morgan fingerprint density at radius 1 is 1.19 bits per heavy atom. The molecule has 2 aromatic rings. The lowest BCUT2D eigenvalue weighted by atomic mass is 9.95. The molecule has 1 heterocycles. The Kier molecular flexibility index (Phi) is 5.51. The van der Waals surface area contributed by atoms with E-state index in [1.54, 1.807) is 12.1 Å². The Hall–Kier alpha value is -1.68. The van der Waals surface area contributed by atoms with Crippen LogP contribution in [0.25, 0.3) is 0 Å². The van der Waals surface area contributed by atoms with Gasteiger partial charge >= 0.3 is 0 Å². The summed E-state index contributed by atoms with van der Waals surface area (Å²) in [7, 11) is 0. The van der Waals surface area contributed by atoms with Gasteiger partial charge in [-0.3, -0.25) is 4.68 Å². The molecule has 0 aliphatic carbocycles. The zero-order valence-corrected chi connectivity index (χ0v) is 12.7. The summed E-state index contributed by atoms with van der Waals surface area (Å²) in [6, 6.07) is 8.87. The maximum atomic E-state index is 12.9. The third-order valence-corrected chi connectivity index (χ3v) is 3.90. The normalized spacial score (nSPS) is 14.1. The van der Waals surface area contributed by atoms with Crippen LogP contribution >= 0.6 is 0 Å². The van der Waals surface area contributed by atoms with Crippen LogP contribution in [0.1, 0.15) is 37.6 Å². The van der Waals surface area contributed by atoms with Crippen molar-refractivity contribution in [3.8, 4) is 0 Å². The average molecular weight is 290 g/mol. The molecule has 4 heteroatoms. The maximum Gasteiger partial charge on any atom is 0.123 e. The van der Waals surface area contributed by atoms with Gasteiger partial charge in [0.15, 0.2) is 0 Å². The van der Waals surface area contributed by atoms with Gasteiger partial charge in [0.1, 0.15) is 5.82 Å². The first-order valence-electron chi connectivity index (χ1n) is 7.51. The standard InChI is InChI=1S/C17H23FN2O/c1-3-13(2)20-9-8-17(19-20)11-15(12-21)10-14-4-6-16(18)7-5-14/h4-9,13,15,21H,3,10-12H2,1-2H3. The van der Waals surface area contributed by atoms with Crippen molar-refractivity contribution in [2.75, 3.05) is 6.61 Å². The first-order valence-corrected chi connectivity index (χ1v) is 7.51. The topological polar surface area (TPSA) is 38.0 Å². The summed E-state index contributed by atoms with van der Waals surface area (Å²) in [6.07, 6.45) is 4.50. The van der Waals surface area contributed by atoms with Crippen molar-refractivity contribution < 1.29 is 9.50 Å². The number of rotatable bonds is 7. The van der Waals surface area contributed by atoms with Crippen molar-refractivity contribution in [3.63, 3.8) is 0 Å². The van der Waals surface area contributed by atoms with E-state index in [0.29, 0.717) is 6.04 Å². The largest absolute Gasteiger partial charge is 0.396 e. The molecule has 0 aliphatic rings. The Morgan fingerprint density at radius 2 is 1.90 bits per heavy atom. The predicted octanol–water partition coefficient (Wildman–Crippen LogP) is 3.39. The molecule has 3 nitrogen and oxygen atoms in total. The monoisotopic (exact) mass is 290 g/mol. The number of nitrogens with zero attached hydrogens (tertiary/aromatic N) is 2. The van der Waals surface area contributed by atoms with Crippen LogP contribution < -0.4 is 0 Å². The third kappa shape index (κ3) is 4.39. The Bertz CT molecular complexity index is 550. The molecular formula is C17H23FN2O. The molecular weight excluding hydrogens is 267 g/mol. The first kappa shape index (κ1) is 15.7. The van der Waals surface area contributed by atoms with Gasteiger partial charge in [-0.05, 0) is 55.9 Å². The van der Waals surface area contributed by atoms with E-state index in [0.717, 1.165) is 30.5 Å².